The van der Waals surface area contributed by atoms with E-state index < -0.39 is 29.7 Å². The molecule has 2 aromatic rings. The number of carbonyl (C=O) groups is 1. The maximum absolute atomic E-state index is 14.4. The van der Waals surface area contributed by atoms with Crippen LogP contribution in [0.3, 0.4) is 0 Å². The lowest BCUT2D eigenvalue weighted by Gasteiger charge is -2.27. The zero-order valence-corrected chi connectivity index (χ0v) is 14.7. The molecule has 2 rings (SSSR count). The Hall–Kier alpha value is -2.35. The monoisotopic (exact) mass is 411 g/mol. The van der Waals surface area contributed by atoms with Gasteiger partial charge in [-0.3, -0.25) is 4.98 Å². The Morgan fingerprint density at radius 2 is 2.08 bits per heavy atom. The Bertz CT molecular complexity index is 773. The van der Waals surface area contributed by atoms with Crippen molar-refractivity contribution in [2.24, 2.45) is 0 Å². The molecule has 0 aliphatic rings. The molecule has 2 atom stereocenters. The zero-order chi connectivity index (χ0) is 18.4. The van der Waals surface area contributed by atoms with Gasteiger partial charge < -0.3 is 10.4 Å². The van der Waals surface area contributed by atoms with Crippen LogP contribution < -0.4 is 5.32 Å². The molecule has 0 radical (unpaired) electrons. The first-order chi connectivity index (χ1) is 12.0. The predicted molar refractivity (Wildman–Crippen MR) is 92.2 cm³/mol. The fraction of sp³-hybridized carbons (Fsp3) is 0.235. The van der Waals surface area contributed by atoms with Crippen LogP contribution >= 0.6 is 15.9 Å². The van der Waals surface area contributed by atoms with Gasteiger partial charge in [0, 0.05) is 18.3 Å². The minimum absolute atomic E-state index is 0.0677. The molecule has 5 nitrogen and oxygen atoms in total. The molecule has 0 aliphatic heterocycles. The normalized spacial score (nSPS) is 13.1. The lowest BCUT2D eigenvalue weighted by atomic mass is 9.85. The quantitative estimate of drug-likeness (QED) is 0.654. The average Bonchev–Trinajstić information content (AvgIpc) is 2.58. The molecule has 0 saturated carbocycles. The second kappa shape index (κ2) is 8.66. The van der Waals surface area contributed by atoms with Gasteiger partial charge in [0.15, 0.2) is 11.6 Å². The van der Waals surface area contributed by atoms with Gasteiger partial charge in [0.1, 0.15) is 4.60 Å². The van der Waals surface area contributed by atoms with Crippen LogP contribution in [0.4, 0.5) is 13.6 Å². The number of nitrogens with zero attached hydrogens (tertiary/aromatic N) is 2. The minimum Gasteiger partial charge on any atom is -0.465 e. The summed E-state index contributed by atoms with van der Waals surface area (Å²) in [5.41, 5.74) is 0.362. The largest absolute Gasteiger partial charge is 0.465 e. The zero-order valence-electron chi connectivity index (χ0n) is 13.1. The Balaban J connectivity index is 2.57. The van der Waals surface area contributed by atoms with E-state index >= 15 is 0 Å². The number of benzene rings is 1. The molecule has 0 saturated heterocycles. The number of hydrogen-bond donors (Lipinski definition) is 2. The van der Waals surface area contributed by atoms with Crippen LogP contribution in [0.1, 0.15) is 36.1 Å². The predicted octanol–water partition coefficient (Wildman–Crippen LogP) is 4.58. The van der Waals surface area contributed by atoms with E-state index in [1.807, 2.05) is 0 Å². The molecule has 1 aromatic carbocycles. The van der Waals surface area contributed by atoms with Crippen LogP contribution in [0.15, 0.2) is 47.9 Å². The average molecular weight is 412 g/mol. The van der Waals surface area contributed by atoms with Crippen molar-refractivity contribution in [2.45, 2.75) is 24.8 Å². The summed E-state index contributed by atoms with van der Waals surface area (Å²) in [7, 11) is 0. The number of carboxylic acid groups (broad SMARTS) is 1. The standard InChI is InChI=1S/C17H16BrF2N3O2/c1-2-3-5-11(10-6-4-7-12(19)13(10)20)14(23-17(24)25)15-16(18)22-9-8-21-15/h2,4,6-9,11,14,23H,1,3,5H2,(H,24,25)/t11-,14+/m1/s1. The van der Waals surface area contributed by atoms with E-state index in [1.54, 1.807) is 6.08 Å². The highest BCUT2D eigenvalue weighted by molar-refractivity contribution is 9.10. The highest BCUT2D eigenvalue weighted by Gasteiger charge is 2.31. The van der Waals surface area contributed by atoms with E-state index in [0.717, 1.165) is 6.07 Å². The number of allylic oxidation sites excluding steroid dienone is 1. The molecule has 2 N–H and O–H groups in total. The molecule has 0 aliphatic carbocycles. The molecule has 8 heteroatoms. The van der Waals surface area contributed by atoms with E-state index in [2.05, 4.69) is 37.8 Å². The van der Waals surface area contributed by atoms with Gasteiger partial charge in [-0.25, -0.2) is 18.6 Å². The van der Waals surface area contributed by atoms with Crippen LogP contribution in [0.25, 0.3) is 0 Å². The van der Waals surface area contributed by atoms with Gasteiger partial charge in [0.25, 0.3) is 0 Å². The SMILES string of the molecule is C=CCC[C@H](c1cccc(F)c1F)[C@H](NC(=O)O)c1nccnc1Br. The van der Waals surface area contributed by atoms with E-state index in [9.17, 15) is 18.7 Å². The molecule has 132 valence electrons. The topological polar surface area (TPSA) is 75.1 Å². The molecule has 0 spiro atoms. The lowest BCUT2D eigenvalue weighted by molar-refractivity contribution is 0.186. The second-order valence-electron chi connectivity index (χ2n) is 5.28. The van der Waals surface area contributed by atoms with Crippen molar-refractivity contribution in [3.05, 3.63) is 70.7 Å². The third kappa shape index (κ3) is 4.60. The summed E-state index contributed by atoms with van der Waals surface area (Å²) in [6.07, 6.45) is 4.00. The van der Waals surface area contributed by atoms with Crippen molar-refractivity contribution in [3.63, 3.8) is 0 Å². The molecule has 1 aromatic heterocycles. The lowest BCUT2D eigenvalue weighted by Crippen LogP contribution is -2.33. The fourth-order valence-corrected chi connectivity index (χ4v) is 3.11. The van der Waals surface area contributed by atoms with E-state index in [1.165, 1.54) is 24.5 Å². The summed E-state index contributed by atoms with van der Waals surface area (Å²) in [4.78, 5) is 19.5. The van der Waals surface area contributed by atoms with Crippen LogP contribution in [-0.2, 0) is 0 Å². The van der Waals surface area contributed by atoms with Crippen LogP contribution in [0, 0.1) is 11.6 Å². The number of rotatable bonds is 7. The summed E-state index contributed by atoms with van der Waals surface area (Å²) in [6.45, 7) is 3.64. The molecule has 1 amide bonds. The molecule has 1 heterocycles. The Morgan fingerprint density at radius 3 is 2.72 bits per heavy atom. The summed E-state index contributed by atoms with van der Waals surface area (Å²) in [5, 5.41) is 11.6. The number of amides is 1. The number of halogens is 3. The molecular formula is C17H16BrF2N3O2. The third-order valence-electron chi connectivity index (χ3n) is 3.72. The van der Waals surface area contributed by atoms with Gasteiger partial charge in [-0.2, -0.15) is 0 Å². The van der Waals surface area contributed by atoms with Gasteiger partial charge in [-0.15, -0.1) is 6.58 Å². The highest BCUT2D eigenvalue weighted by atomic mass is 79.9. The number of hydrogen-bond acceptors (Lipinski definition) is 3. The Kier molecular flexibility index (Phi) is 6.58. The summed E-state index contributed by atoms with van der Waals surface area (Å²) < 4.78 is 28.4. The van der Waals surface area contributed by atoms with E-state index in [-0.39, 0.29) is 5.56 Å². The number of aromatic nitrogens is 2. The maximum Gasteiger partial charge on any atom is 0.405 e. The fourth-order valence-electron chi connectivity index (χ4n) is 2.64. The van der Waals surface area contributed by atoms with Gasteiger partial charge in [0.05, 0.1) is 11.7 Å². The highest BCUT2D eigenvalue weighted by Crippen LogP contribution is 2.37. The van der Waals surface area contributed by atoms with Crippen molar-refractivity contribution >= 4 is 22.0 Å². The molecule has 0 unspecified atom stereocenters. The summed E-state index contributed by atoms with van der Waals surface area (Å²) in [6, 6.07) is 2.92. The molecular weight excluding hydrogens is 396 g/mol. The van der Waals surface area contributed by atoms with Crippen LogP contribution in [0.5, 0.6) is 0 Å². The summed E-state index contributed by atoms with van der Waals surface area (Å²) >= 11 is 3.23. The van der Waals surface area contributed by atoms with Gasteiger partial charge in [0.2, 0.25) is 0 Å². The molecule has 0 fully saturated rings. The van der Waals surface area contributed by atoms with E-state index in [4.69, 9.17) is 0 Å². The van der Waals surface area contributed by atoms with E-state index in [0.29, 0.717) is 23.1 Å². The van der Waals surface area contributed by atoms with Crippen molar-refractivity contribution in [1.29, 1.82) is 0 Å². The Labute approximate surface area is 151 Å². The van der Waals surface area contributed by atoms with Crippen molar-refractivity contribution < 1.29 is 18.7 Å². The third-order valence-corrected chi connectivity index (χ3v) is 4.33. The smallest absolute Gasteiger partial charge is 0.405 e. The van der Waals surface area contributed by atoms with Gasteiger partial charge in [-0.05, 0) is 40.4 Å². The first kappa shape index (κ1) is 19.0. The summed E-state index contributed by atoms with van der Waals surface area (Å²) in [5.74, 6) is -2.69. The molecule has 0 bridgehead atoms. The van der Waals surface area contributed by atoms with Gasteiger partial charge in [-0.1, -0.05) is 18.2 Å². The van der Waals surface area contributed by atoms with Gasteiger partial charge >= 0.3 is 6.09 Å². The van der Waals surface area contributed by atoms with Crippen molar-refractivity contribution in [2.75, 3.05) is 0 Å². The van der Waals surface area contributed by atoms with Crippen LogP contribution in [-0.4, -0.2) is 21.2 Å². The minimum atomic E-state index is -1.30. The Morgan fingerprint density at radius 1 is 1.36 bits per heavy atom. The number of nitrogens with one attached hydrogen (secondary N) is 1. The maximum atomic E-state index is 14.4. The first-order valence-electron chi connectivity index (χ1n) is 7.46. The van der Waals surface area contributed by atoms with Crippen LogP contribution in [0.2, 0.25) is 0 Å². The van der Waals surface area contributed by atoms with Crippen molar-refractivity contribution in [3.8, 4) is 0 Å². The molecule has 25 heavy (non-hydrogen) atoms. The first-order valence-corrected chi connectivity index (χ1v) is 8.25. The van der Waals surface area contributed by atoms with Crippen molar-refractivity contribution in [1.82, 2.24) is 15.3 Å². The second-order valence-corrected chi connectivity index (χ2v) is 6.03.